The zero-order chi connectivity index (χ0) is 18.5. The lowest BCUT2D eigenvalue weighted by atomic mass is 9.87. The monoisotopic (exact) mass is 359 g/mol. The van der Waals surface area contributed by atoms with Crippen LogP contribution in [0.2, 0.25) is 0 Å². The minimum Gasteiger partial charge on any atom is -0.493 e. The number of nitrogens with zero attached hydrogens (tertiary/aromatic N) is 2. The summed E-state index contributed by atoms with van der Waals surface area (Å²) in [6, 6.07) is 5.77. The van der Waals surface area contributed by atoms with E-state index < -0.39 is 0 Å². The van der Waals surface area contributed by atoms with Crippen molar-refractivity contribution in [1.82, 2.24) is 15.5 Å². The van der Waals surface area contributed by atoms with Crippen LogP contribution in [0.25, 0.3) is 0 Å². The number of hydrogen-bond donors (Lipinski definition) is 1. The number of carbonyl (C=O) groups excluding carboxylic acids is 1. The maximum atomic E-state index is 12.3. The molecule has 0 aliphatic heterocycles. The molecule has 1 saturated carbocycles. The fourth-order valence-electron chi connectivity index (χ4n) is 3.23. The van der Waals surface area contributed by atoms with Gasteiger partial charge in [0.2, 0.25) is 5.89 Å². The maximum absolute atomic E-state index is 12.3. The Morgan fingerprint density at radius 2 is 1.88 bits per heavy atom. The summed E-state index contributed by atoms with van der Waals surface area (Å²) >= 11 is 0. The highest BCUT2D eigenvalue weighted by Crippen LogP contribution is 2.28. The number of ether oxygens (including phenoxy) is 2. The number of carbonyl (C=O) groups is 1. The van der Waals surface area contributed by atoms with Gasteiger partial charge in [-0.1, -0.05) is 13.0 Å². The Kier molecular flexibility index (Phi) is 5.75. The second kappa shape index (κ2) is 8.21. The molecule has 1 fully saturated rings. The minimum absolute atomic E-state index is 0.0131. The van der Waals surface area contributed by atoms with Gasteiger partial charge in [0.15, 0.2) is 11.5 Å². The van der Waals surface area contributed by atoms with Crippen LogP contribution in [0.15, 0.2) is 22.6 Å². The van der Waals surface area contributed by atoms with Gasteiger partial charge in [-0.15, -0.1) is 10.2 Å². The molecule has 0 bridgehead atoms. The van der Waals surface area contributed by atoms with Crippen molar-refractivity contribution in [3.8, 4) is 11.5 Å². The van der Waals surface area contributed by atoms with E-state index in [4.69, 9.17) is 13.9 Å². The highest BCUT2D eigenvalue weighted by atomic mass is 16.5. The summed E-state index contributed by atoms with van der Waals surface area (Å²) in [5, 5.41) is 10.9. The lowest BCUT2D eigenvalue weighted by molar-refractivity contribution is 0.0886. The standard InChI is InChI=1S/C19H25N3O4/c1-12-4-7-14(8-5-12)20-18(23)19-22-21-17(26-19)11-13-6-9-15(24-2)16(10-13)25-3/h6,9-10,12,14H,4-5,7-8,11H2,1-3H3,(H,20,23). The summed E-state index contributed by atoms with van der Waals surface area (Å²) in [5.74, 6) is 2.13. The Morgan fingerprint density at radius 1 is 1.15 bits per heavy atom. The number of rotatable bonds is 6. The van der Waals surface area contributed by atoms with Crippen LogP contribution >= 0.6 is 0 Å². The molecule has 1 aliphatic rings. The topological polar surface area (TPSA) is 86.5 Å². The van der Waals surface area contributed by atoms with Crippen LogP contribution in [0.3, 0.4) is 0 Å². The van der Waals surface area contributed by atoms with Crippen LogP contribution in [0.4, 0.5) is 0 Å². The Labute approximate surface area is 153 Å². The predicted molar refractivity (Wildman–Crippen MR) is 95.5 cm³/mol. The third kappa shape index (κ3) is 4.33. The molecule has 1 heterocycles. The van der Waals surface area contributed by atoms with E-state index in [2.05, 4.69) is 22.4 Å². The molecule has 1 N–H and O–H groups in total. The fourth-order valence-corrected chi connectivity index (χ4v) is 3.23. The summed E-state index contributed by atoms with van der Waals surface area (Å²) in [5.41, 5.74) is 0.930. The molecule has 0 atom stereocenters. The van der Waals surface area contributed by atoms with Crippen molar-refractivity contribution in [2.45, 2.75) is 45.1 Å². The smallest absolute Gasteiger partial charge is 0.309 e. The summed E-state index contributed by atoms with van der Waals surface area (Å²) in [7, 11) is 3.18. The number of hydrogen-bond acceptors (Lipinski definition) is 6. The molecule has 7 heteroatoms. The van der Waals surface area contributed by atoms with Gasteiger partial charge in [-0.05, 0) is 49.3 Å². The molecule has 7 nitrogen and oxygen atoms in total. The first-order chi connectivity index (χ1) is 12.6. The van der Waals surface area contributed by atoms with Crippen LogP contribution in [0, 0.1) is 5.92 Å². The molecule has 1 aromatic carbocycles. The first-order valence-electron chi connectivity index (χ1n) is 8.93. The molecule has 0 radical (unpaired) electrons. The van der Waals surface area contributed by atoms with Gasteiger partial charge in [0.05, 0.1) is 20.6 Å². The van der Waals surface area contributed by atoms with Gasteiger partial charge in [-0.2, -0.15) is 0 Å². The number of nitrogens with one attached hydrogen (secondary N) is 1. The molecule has 3 rings (SSSR count). The third-order valence-corrected chi connectivity index (χ3v) is 4.82. The first kappa shape index (κ1) is 18.2. The maximum Gasteiger partial charge on any atom is 0.309 e. The van der Waals surface area contributed by atoms with Crippen LogP contribution in [-0.4, -0.2) is 36.4 Å². The Balaban J connectivity index is 1.61. The molecule has 1 amide bonds. The summed E-state index contributed by atoms with van der Waals surface area (Å²) in [4.78, 5) is 12.3. The van der Waals surface area contributed by atoms with Gasteiger partial charge >= 0.3 is 11.8 Å². The van der Waals surface area contributed by atoms with E-state index in [0.717, 1.165) is 37.2 Å². The van der Waals surface area contributed by atoms with E-state index in [1.807, 2.05) is 18.2 Å². The molecular weight excluding hydrogens is 334 g/mol. The van der Waals surface area contributed by atoms with Crippen LogP contribution in [0.1, 0.15) is 54.7 Å². The van der Waals surface area contributed by atoms with Crippen molar-refractivity contribution in [1.29, 1.82) is 0 Å². The van der Waals surface area contributed by atoms with E-state index in [-0.39, 0.29) is 17.8 Å². The normalized spacial score (nSPS) is 19.8. The largest absolute Gasteiger partial charge is 0.493 e. The van der Waals surface area contributed by atoms with Crippen molar-refractivity contribution in [3.05, 3.63) is 35.5 Å². The second-order valence-corrected chi connectivity index (χ2v) is 6.80. The van der Waals surface area contributed by atoms with Crippen molar-refractivity contribution in [3.63, 3.8) is 0 Å². The minimum atomic E-state index is -0.296. The van der Waals surface area contributed by atoms with Crippen molar-refractivity contribution < 1.29 is 18.7 Å². The van der Waals surface area contributed by atoms with Gasteiger partial charge in [0.1, 0.15) is 0 Å². The zero-order valence-corrected chi connectivity index (χ0v) is 15.4. The Bertz CT molecular complexity index is 751. The Morgan fingerprint density at radius 3 is 2.58 bits per heavy atom. The third-order valence-electron chi connectivity index (χ3n) is 4.82. The first-order valence-corrected chi connectivity index (χ1v) is 8.93. The molecule has 1 aromatic heterocycles. The number of methoxy groups -OCH3 is 2. The van der Waals surface area contributed by atoms with Gasteiger partial charge in [-0.3, -0.25) is 4.79 Å². The van der Waals surface area contributed by atoms with Gasteiger partial charge in [0, 0.05) is 6.04 Å². The highest BCUT2D eigenvalue weighted by Gasteiger charge is 2.23. The lowest BCUT2D eigenvalue weighted by Gasteiger charge is -2.26. The average molecular weight is 359 g/mol. The van der Waals surface area contributed by atoms with Crippen molar-refractivity contribution >= 4 is 5.91 Å². The molecule has 140 valence electrons. The SMILES string of the molecule is COc1ccc(Cc2nnc(C(=O)NC3CCC(C)CC3)o2)cc1OC. The second-order valence-electron chi connectivity index (χ2n) is 6.80. The van der Waals surface area contributed by atoms with Crippen molar-refractivity contribution in [2.75, 3.05) is 14.2 Å². The van der Waals surface area contributed by atoms with Crippen LogP contribution < -0.4 is 14.8 Å². The van der Waals surface area contributed by atoms with E-state index in [0.29, 0.717) is 23.8 Å². The van der Waals surface area contributed by atoms with E-state index >= 15 is 0 Å². The Hall–Kier alpha value is -2.57. The number of aromatic nitrogens is 2. The summed E-state index contributed by atoms with van der Waals surface area (Å²) < 4.78 is 16.1. The van der Waals surface area contributed by atoms with E-state index in [9.17, 15) is 4.79 Å². The van der Waals surface area contributed by atoms with Crippen LogP contribution in [0.5, 0.6) is 11.5 Å². The lowest BCUT2D eigenvalue weighted by Crippen LogP contribution is -2.37. The highest BCUT2D eigenvalue weighted by molar-refractivity contribution is 5.89. The quantitative estimate of drug-likeness (QED) is 0.853. The number of amides is 1. The summed E-state index contributed by atoms with van der Waals surface area (Å²) in [6.45, 7) is 2.25. The molecule has 0 saturated heterocycles. The molecule has 1 aliphatic carbocycles. The fraction of sp³-hybridized carbons (Fsp3) is 0.526. The van der Waals surface area contributed by atoms with Gasteiger partial charge in [-0.25, -0.2) is 0 Å². The molecular formula is C19H25N3O4. The zero-order valence-electron chi connectivity index (χ0n) is 15.4. The molecule has 26 heavy (non-hydrogen) atoms. The van der Waals surface area contributed by atoms with E-state index in [1.54, 1.807) is 14.2 Å². The number of benzene rings is 1. The molecule has 2 aromatic rings. The predicted octanol–water partition coefficient (Wildman–Crippen LogP) is 2.99. The average Bonchev–Trinajstić information content (AvgIpc) is 3.12. The van der Waals surface area contributed by atoms with Crippen LogP contribution in [-0.2, 0) is 6.42 Å². The molecule has 0 unspecified atom stereocenters. The summed E-state index contributed by atoms with van der Waals surface area (Å²) in [6.07, 6.45) is 4.69. The molecule has 0 spiro atoms. The van der Waals surface area contributed by atoms with Gasteiger partial charge < -0.3 is 19.2 Å². The van der Waals surface area contributed by atoms with Gasteiger partial charge in [0.25, 0.3) is 0 Å². The van der Waals surface area contributed by atoms with E-state index in [1.165, 1.54) is 0 Å². The van der Waals surface area contributed by atoms with Crippen molar-refractivity contribution in [2.24, 2.45) is 5.92 Å².